The van der Waals surface area contributed by atoms with Gasteiger partial charge in [0.15, 0.2) is 0 Å². The zero-order valence-corrected chi connectivity index (χ0v) is 15.4. The van der Waals surface area contributed by atoms with Crippen molar-refractivity contribution >= 4 is 22.6 Å². The number of pyridine rings is 1. The molecule has 8 nitrogen and oxygen atoms in total. The molecule has 144 valence electrons. The Hall–Kier alpha value is -3.20. The number of methoxy groups -OCH3 is 1. The summed E-state index contributed by atoms with van der Waals surface area (Å²) in [7, 11) is 1.55. The highest BCUT2D eigenvalue weighted by atomic mass is 19.1. The molecule has 0 radical (unpaired) electrons. The van der Waals surface area contributed by atoms with Crippen LogP contribution in [0.15, 0.2) is 30.7 Å². The number of fused-ring (bicyclic) bond motifs is 2. The van der Waals surface area contributed by atoms with Crippen molar-refractivity contribution < 1.29 is 14.2 Å². The number of H-pyrrole nitrogens is 1. The minimum absolute atomic E-state index is 0.123. The molecule has 3 N–H and O–H groups in total. The number of nitrogens with one attached hydrogen (secondary N) is 2. The molecule has 4 aromatic heterocycles. The van der Waals surface area contributed by atoms with Gasteiger partial charge >= 0.3 is 0 Å². The maximum absolute atomic E-state index is 13.9. The van der Waals surface area contributed by atoms with Gasteiger partial charge in [-0.15, -0.1) is 0 Å². The second kappa shape index (κ2) is 5.90. The molecule has 1 saturated carbocycles. The van der Waals surface area contributed by atoms with Gasteiger partial charge in [0.2, 0.25) is 17.8 Å². The minimum Gasteiger partial charge on any atom is -0.480 e. The Bertz CT molecular complexity index is 1190. The van der Waals surface area contributed by atoms with Crippen molar-refractivity contribution in [1.82, 2.24) is 24.3 Å². The standard InChI is InChI=1S/C19H19FN6O2/c1-19(27)5-11(6-19)23-18-24-16-15(17(25-18)28-2)12(7-22-16)10-3-4-14-21-8-13(20)26(14)9-10/h3-4,7-9,11,27H,5-6H2,1-2H3,(H2,22,23,24,25)/t11-,19+. The lowest BCUT2D eigenvalue weighted by Crippen LogP contribution is -2.48. The van der Waals surface area contributed by atoms with Gasteiger partial charge in [-0.1, -0.05) is 0 Å². The van der Waals surface area contributed by atoms with Crippen LogP contribution in [0.5, 0.6) is 5.88 Å². The topological polar surface area (TPSA) is 100 Å². The van der Waals surface area contributed by atoms with Crippen molar-refractivity contribution in [3.8, 4) is 17.0 Å². The molecule has 4 aromatic rings. The van der Waals surface area contributed by atoms with E-state index < -0.39 is 11.5 Å². The average molecular weight is 382 g/mol. The third-order valence-corrected chi connectivity index (χ3v) is 5.17. The lowest BCUT2D eigenvalue weighted by Gasteiger charge is -2.41. The van der Waals surface area contributed by atoms with Crippen molar-refractivity contribution in [3.63, 3.8) is 0 Å². The van der Waals surface area contributed by atoms with E-state index in [2.05, 4.69) is 25.3 Å². The van der Waals surface area contributed by atoms with E-state index in [0.29, 0.717) is 41.4 Å². The van der Waals surface area contributed by atoms with E-state index in [0.717, 1.165) is 11.1 Å². The molecule has 0 aliphatic heterocycles. The van der Waals surface area contributed by atoms with Crippen LogP contribution in [0.2, 0.25) is 0 Å². The summed E-state index contributed by atoms with van der Waals surface area (Å²) in [6.07, 6.45) is 5.96. The summed E-state index contributed by atoms with van der Waals surface area (Å²) in [4.78, 5) is 16.2. The Morgan fingerprint density at radius 3 is 2.93 bits per heavy atom. The molecular weight excluding hydrogens is 363 g/mol. The molecule has 1 fully saturated rings. The van der Waals surface area contributed by atoms with Crippen LogP contribution in [0.3, 0.4) is 0 Å². The highest BCUT2D eigenvalue weighted by Gasteiger charge is 2.38. The van der Waals surface area contributed by atoms with E-state index in [-0.39, 0.29) is 6.04 Å². The van der Waals surface area contributed by atoms with Crippen LogP contribution in [-0.4, -0.2) is 48.2 Å². The average Bonchev–Trinajstić information content (AvgIpc) is 3.23. The predicted molar refractivity (Wildman–Crippen MR) is 102 cm³/mol. The molecule has 1 aliphatic carbocycles. The molecule has 1 aliphatic rings. The van der Waals surface area contributed by atoms with Crippen LogP contribution < -0.4 is 10.1 Å². The largest absolute Gasteiger partial charge is 0.480 e. The molecule has 0 bridgehead atoms. The van der Waals surface area contributed by atoms with E-state index in [1.54, 1.807) is 25.6 Å². The first-order chi connectivity index (χ1) is 13.4. The summed E-state index contributed by atoms with van der Waals surface area (Å²) in [5.74, 6) is 0.429. The Labute approximate surface area is 159 Å². The van der Waals surface area contributed by atoms with E-state index in [9.17, 15) is 9.50 Å². The highest BCUT2D eigenvalue weighted by Crippen LogP contribution is 2.36. The van der Waals surface area contributed by atoms with E-state index >= 15 is 0 Å². The molecule has 9 heteroatoms. The van der Waals surface area contributed by atoms with E-state index in [4.69, 9.17) is 4.74 Å². The SMILES string of the molecule is COc1nc(N[C@H]2C[C@@](C)(O)C2)nc2[nH]cc(-c3ccc4ncc(F)n4c3)c12. The van der Waals surface area contributed by atoms with Gasteiger partial charge in [0, 0.05) is 29.6 Å². The number of aromatic nitrogens is 5. The lowest BCUT2D eigenvalue weighted by atomic mass is 9.77. The Morgan fingerprint density at radius 1 is 1.36 bits per heavy atom. The zero-order chi connectivity index (χ0) is 19.5. The minimum atomic E-state index is -0.632. The van der Waals surface area contributed by atoms with Crippen LogP contribution in [-0.2, 0) is 0 Å². The molecule has 0 amide bonds. The van der Waals surface area contributed by atoms with E-state index in [1.807, 2.05) is 13.0 Å². The smallest absolute Gasteiger partial charge is 0.228 e. The molecule has 0 atom stereocenters. The van der Waals surface area contributed by atoms with Gasteiger partial charge in [-0.2, -0.15) is 14.4 Å². The molecule has 0 unspecified atom stereocenters. The zero-order valence-electron chi connectivity index (χ0n) is 15.4. The summed E-state index contributed by atoms with van der Waals surface area (Å²) in [6, 6.07) is 3.74. The Morgan fingerprint density at radius 2 is 2.18 bits per heavy atom. The number of anilines is 1. The van der Waals surface area contributed by atoms with Gasteiger partial charge in [0.25, 0.3) is 0 Å². The van der Waals surface area contributed by atoms with E-state index in [1.165, 1.54) is 10.6 Å². The van der Waals surface area contributed by atoms with Crippen molar-refractivity contribution in [2.75, 3.05) is 12.4 Å². The number of hydrogen-bond donors (Lipinski definition) is 3. The summed E-state index contributed by atoms with van der Waals surface area (Å²) in [5.41, 5.74) is 2.11. The maximum atomic E-state index is 13.9. The molecule has 4 heterocycles. The number of rotatable bonds is 4. The van der Waals surface area contributed by atoms with Gasteiger partial charge < -0.3 is 20.1 Å². The van der Waals surface area contributed by atoms with Crippen LogP contribution in [0.1, 0.15) is 19.8 Å². The van der Waals surface area contributed by atoms with Crippen LogP contribution in [0, 0.1) is 5.95 Å². The van der Waals surface area contributed by atoms with Crippen molar-refractivity contribution in [1.29, 1.82) is 0 Å². The normalized spacial score (nSPS) is 21.8. The number of nitrogens with zero attached hydrogens (tertiary/aromatic N) is 4. The predicted octanol–water partition coefficient (Wildman–Crippen LogP) is 2.75. The first-order valence-electron chi connectivity index (χ1n) is 8.98. The number of imidazole rings is 1. The first kappa shape index (κ1) is 16.9. The summed E-state index contributed by atoms with van der Waals surface area (Å²) in [5, 5.41) is 13.8. The fraction of sp³-hybridized carbons (Fsp3) is 0.316. The van der Waals surface area contributed by atoms with Gasteiger partial charge in [-0.05, 0) is 31.9 Å². The highest BCUT2D eigenvalue weighted by molar-refractivity contribution is 5.97. The van der Waals surface area contributed by atoms with Gasteiger partial charge in [0.05, 0.1) is 24.3 Å². The fourth-order valence-electron chi connectivity index (χ4n) is 3.84. The number of hydrogen-bond acceptors (Lipinski definition) is 6. The van der Waals surface area contributed by atoms with Crippen LogP contribution in [0.25, 0.3) is 27.8 Å². The van der Waals surface area contributed by atoms with Gasteiger partial charge in [-0.25, -0.2) is 4.98 Å². The van der Waals surface area contributed by atoms with Crippen LogP contribution in [0.4, 0.5) is 10.3 Å². The maximum Gasteiger partial charge on any atom is 0.228 e. The second-order valence-corrected chi connectivity index (χ2v) is 7.46. The third kappa shape index (κ3) is 2.66. The summed E-state index contributed by atoms with van der Waals surface area (Å²) in [6.45, 7) is 1.81. The van der Waals surface area contributed by atoms with Crippen molar-refractivity contribution in [2.45, 2.75) is 31.4 Å². The van der Waals surface area contributed by atoms with Gasteiger partial charge in [-0.3, -0.25) is 4.40 Å². The van der Waals surface area contributed by atoms with Crippen molar-refractivity contribution in [3.05, 3.63) is 36.7 Å². The molecule has 28 heavy (non-hydrogen) atoms. The lowest BCUT2D eigenvalue weighted by molar-refractivity contribution is -0.0236. The second-order valence-electron chi connectivity index (χ2n) is 7.46. The molecule has 5 rings (SSSR count). The first-order valence-corrected chi connectivity index (χ1v) is 8.98. The van der Waals surface area contributed by atoms with Crippen LogP contribution >= 0.6 is 0 Å². The number of ether oxygens (including phenoxy) is 1. The summed E-state index contributed by atoms with van der Waals surface area (Å²) >= 11 is 0. The molecular formula is C19H19FN6O2. The number of aromatic amines is 1. The molecule has 0 saturated heterocycles. The monoisotopic (exact) mass is 382 g/mol. The molecule has 0 spiro atoms. The Balaban J connectivity index is 1.56. The van der Waals surface area contributed by atoms with Crippen molar-refractivity contribution in [2.24, 2.45) is 0 Å². The number of halogens is 1. The number of aliphatic hydroxyl groups is 1. The third-order valence-electron chi connectivity index (χ3n) is 5.17. The fourth-order valence-corrected chi connectivity index (χ4v) is 3.84. The molecule has 0 aromatic carbocycles. The summed E-state index contributed by atoms with van der Waals surface area (Å²) < 4.78 is 20.8. The quantitative estimate of drug-likeness (QED) is 0.502. The Kier molecular flexibility index (Phi) is 3.57. The van der Waals surface area contributed by atoms with Gasteiger partial charge in [0.1, 0.15) is 11.3 Å².